The highest BCUT2D eigenvalue weighted by Gasteiger charge is 2.43. The summed E-state index contributed by atoms with van der Waals surface area (Å²) in [5, 5.41) is 7.94. The summed E-state index contributed by atoms with van der Waals surface area (Å²) in [5.41, 5.74) is 3.97. The second-order valence-corrected chi connectivity index (χ2v) is 10.1. The number of alkyl halides is 3. The van der Waals surface area contributed by atoms with Crippen LogP contribution in [0.15, 0.2) is 47.7 Å². The number of anilines is 1. The molecule has 1 unspecified atom stereocenters. The Bertz CT molecular complexity index is 1590. The summed E-state index contributed by atoms with van der Waals surface area (Å²) in [5.74, 6) is 0.360. The maximum atomic E-state index is 13.9. The minimum Gasteiger partial charge on any atom is -0.383 e. The molecule has 4 heterocycles. The molecule has 40 heavy (non-hydrogen) atoms. The molecular weight excluding hydrogens is 547 g/mol. The molecule has 0 saturated heterocycles. The van der Waals surface area contributed by atoms with Crippen LogP contribution in [-0.4, -0.2) is 75.2 Å². The van der Waals surface area contributed by atoms with Crippen molar-refractivity contribution in [2.45, 2.75) is 32.1 Å². The van der Waals surface area contributed by atoms with Crippen LogP contribution in [-0.2, 0) is 11.3 Å². The van der Waals surface area contributed by atoms with Gasteiger partial charge >= 0.3 is 6.18 Å². The van der Waals surface area contributed by atoms with E-state index in [4.69, 9.17) is 16.3 Å². The van der Waals surface area contributed by atoms with Crippen molar-refractivity contribution in [3.05, 3.63) is 69.4 Å². The molecule has 0 amide bonds. The lowest BCUT2D eigenvalue weighted by molar-refractivity contribution is -0.172. The van der Waals surface area contributed by atoms with Crippen LogP contribution in [0.25, 0.3) is 28.0 Å². The normalized spacial score (nSPS) is 16.4. The standard InChI is InChI=1S/C27H29ClF3N7O2/c1-16-11-18(17-4-7-37(9-10-40-2)22(13-17)27(29,30)31)12-21-24(16)36-25(35-21)23-20(3-5-33-26(23)39)32-6-8-38-15-19(28)14-34-38/h3,5,11-15,22H,4,6-10H2,1-2H3,(H,35,36)(H2,32,33,39). The first kappa shape index (κ1) is 27.9. The Morgan fingerprint density at radius 3 is 2.83 bits per heavy atom. The van der Waals surface area contributed by atoms with E-state index in [0.29, 0.717) is 63.8 Å². The first-order chi connectivity index (χ1) is 19.1. The third-order valence-corrected chi connectivity index (χ3v) is 7.14. The predicted octanol–water partition coefficient (Wildman–Crippen LogP) is 4.86. The Hall–Kier alpha value is -3.61. The number of ether oxygens (including phenoxy) is 1. The molecule has 1 atom stereocenters. The third kappa shape index (κ3) is 5.93. The van der Waals surface area contributed by atoms with Gasteiger partial charge in [-0.3, -0.25) is 14.4 Å². The summed E-state index contributed by atoms with van der Waals surface area (Å²) >= 11 is 5.92. The van der Waals surface area contributed by atoms with E-state index in [1.807, 2.05) is 13.0 Å². The van der Waals surface area contributed by atoms with E-state index in [1.54, 1.807) is 35.4 Å². The zero-order valence-corrected chi connectivity index (χ0v) is 22.7. The van der Waals surface area contributed by atoms with Crippen molar-refractivity contribution in [1.82, 2.24) is 29.6 Å². The largest absolute Gasteiger partial charge is 0.407 e. The molecule has 1 aromatic carbocycles. The number of nitrogens with one attached hydrogen (secondary N) is 3. The quantitative estimate of drug-likeness (QED) is 0.263. The number of aryl methyl sites for hydroxylation is 1. The van der Waals surface area contributed by atoms with E-state index in [2.05, 4.69) is 25.4 Å². The summed E-state index contributed by atoms with van der Waals surface area (Å²) in [4.78, 5) is 24.9. The molecule has 1 aliphatic rings. The number of benzene rings is 1. The number of halogens is 4. The lowest BCUT2D eigenvalue weighted by Crippen LogP contribution is -2.48. The number of aromatic amines is 2. The van der Waals surface area contributed by atoms with Crippen molar-refractivity contribution in [3.63, 3.8) is 0 Å². The van der Waals surface area contributed by atoms with Crippen LogP contribution in [0.2, 0.25) is 5.02 Å². The predicted molar refractivity (Wildman–Crippen MR) is 149 cm³/mol. The van der Waals surface area contributed by atoms with Gasteiger partial charge in [0, 0.05) is 39.1 Å². The van der Waals surface area contributed by atoms with E-state index >= 15 is 0 Å². The fourth-order valence-corrected chi connectivity index (χ4v) is 5.16. The van der Waals surface area contributed by atoms with Crippen LogP contribution < -0.4 is 10.9 Å². The number of pyridine rings is 1. The molecule has 0 bridgehead atoms. The van der Waals surface area contributed by atoms with Gasteiger partial charge in [-0.2, -0.15) is 18.3 Å². The molecule has 3 aromatic heterocycles. The molecule has 0 saturated carbocycles. The SMILES string of the molecule is COCCN1CCC(c2cc(C)c3nc(-c4c(NCCn5cc(Cl)cn5)cc[nH]c4=O)[nH]c3c2)=CC1C(F)(F)F. The number of hydrogen-bond acceptors (Lipinski definition) is 6. The second kappa shape index (κ2) is 11.5. The van der Waals surface area contributed by atoms with Crippen molar-refractivity contribution in [3.8, 4) is 11.4 Å². The van der Waals surface area contributed by atoms with Crippen molar-refractivity contribution in [2.75, 3.05) is 38.7 Å². The van der Waals surface area contributed by atoms with Gasteiger partial charge < -0.3 is 20.0 Å². The summed E-state index contributed by atoms with van der Waals surface area (Å²) in [7, 11) is 1.48. The number of H-pyrrole nitrogens is 2. The van der Waals surface area contributed by atoms with Gasteiger partial charge in [-0.25, -0.2) is 4.98 Å². The Labute approximate surface area is 233 Å². The summed E-state index contributed by atoms with van der Waals surface area (Å²) in [6.45, 7) is 3.56. The van der Waals surface area contributed by atoms with Crippen molar-refractivity contribution in [2.24, 2.45) is 0 Å². The van der Waals surface area contributed by atoms with Crippen molar-refractivity contribution >= 4 is 33.9 Å². The molecule has 5 rings (SSSR count). The Kier molecular flexibility index (Phi) is 8.02. The molecule has 4 aromatic rings. The van der Waals surface area contributed by atoms with Crippen molar-refractivity contribution < 1.29 is 17.9 Å². The van der Waals surface area contributed by atoms with Gasteiger partial charge in [-0.15, -0.1) is 0 Å². The van der Waals surface area contributed by atoms with Gasteiger partial charge in [-0.05, 0) is 48.2 Å². The Morgan fingerprint density at radius 1 is 1.27 bits per heavy atom. The summed E-state index contributed by atoms with van der Waals surface area (Å²) in [6.07, 6.45) is 2.17. The highest BCUT2D eigenvalue weighted by atomic mass is 35.5. The van der Waals surface area contributed by atoms with Crippen LogP contribution in [0.5, 0.6) is 0 Å². The molecule has 0 fully saturated rings. The van der Waals surface area contributed by atoms with Gasteiger partial charge in [0.05, 0.1) is 41.1 Å². The minimum absolute atomic E-state index is 0.199. The van der Waals surface area contributed by atoms with Gasteiger partial charge in [0.15, 0.2) is 0 Å². The van der Waals surface area contributed by atoms with Gasteiger partial charge in [0.2, 0.25) is 0 Å². The number of nitrogens with zero attached hydrogens (tertiary/aromatic N) is 4. The zero-order chi connectivity index (χ0) is 28.4. The highest BCUT2D eigenvalue weighted by molar-refractivity contribution is 6.30. The Balaban J connectivity index is 1.45. The second-order valence-electron chi connectivity index (χ2n) is 9.68. The maximum absolute atomic E-state index is 13.9. The van der Waals surface area contributed by atoms with Crippen molar-refractivity contribution in [1.29, 1.82) is 0 Å². The molecule has 3 N–H and O–H groups in total. The summed E-state index contributed by atoms with van der Waals surface area (Å²) < 4.78 is 48.4. The number of hydrogen-bond donors (Lipinski definition) is 3. The van der Waals surface area contributed by atoms with Crippen LogP contribution >= 0.6 is 11.6 Å². The average molecular weight is 576 g/mol. The minimum atomic E-state index is -4.40. The smallest absolute Gasteiger partial charge is 0.383 e. The number of methoxy groups -OCH3 is 1. The number of fused-ring (bicyclic) bond motifs is 1. The van der Waals surface area contributed by atoms with E-state index in [-0.39, 0.29) is 25.3 Å². The van der Waals surface area contributed by atoms with E-state index in [0.717, 1.165) is 5.56 Å². The Morgan fingerprint density at radius 2 is 2.10 bits per heavy atom. The molecule has 0 spiro atoms. The number of aromatic nitrogens is 5. The molecule has 13 heteroatoms. The fraction of sp³-hybridized carbons (Fsp3) is 0.370. The van der Waals surface area contributed by atoms with Gasteiger partial charge in [-0.1, -0.05) is 17.7 Å². The topological polar surface area (TPSA) is 104 Å². The number of imidazole rings is 1. The molecule has 212 valence electrons. The van der Waals surface area contributed by atoms with E-state index < -0.39 is 12.2 Å². The highest BCUT2D eigenvalue weighted by Crippen LogP contribution is 2.35. The third-order valence-electron chi connectivity index (χ3n) is 6.94. The molecule has 9 nitrogen and oxygen atoms in total. The molecule has 0 radical (unpaired) electrons. The van der Waals surface area contributed by atoms with Gasteiger partial charge in [0.1, 0.15) is 17.4 Å². The number of rotatable bonds is 9. The van der Waals surface area contributed by atoms with Crippen LogP contribution in [0, 0.1) is 6.92 Å². The van der Waals surface area contributed by atoms with Gasteiger partial charge in [0.25, 0.3) is 5.56 Å². The molecule has 1 aliphatic heterocycles. The maximum Gasteiger partial charge on any atom is 0.407 e. The first-order valence-electron chi connectivity index (χ1n) is 12.8. The van der Waals surface area contributed by atoms with Crippen LogP contribution in [0.1, 0.15) is 17.5 Å². The van der Waals surface area contributed by atoms with E-state index in [9.17, 15) is 18.0 Å². The molecule has 0 aliphatic carbocycles. The summed E-state index contributed by atoms with van der Waals surface area (Å²) in [6, 6.07) is 3.71. The zero-order valence-electron chi connectivity index (χ0n) is 22.0. The monoisotopic (exact) mass is 575 g/mol. The van der Waals surface area contributed by atoms with Crippen LogP contribution in [0.4, 0.5) is 18.9 Å². The lowest BCUT2D eigenvalue weighted by atomic mass is 9.94. The molecular formula is C27H29ClF3N7O2. The first-order valence-corrected chi connectivity index (χ1v) is 13.2. The fourth-order valence-electron chi connectivity index (χ4n) is 5.00. The average Bonchev–Trinajstić information content (AvgIpc) is 3.53. The van der Waals surface area contributed by atoms with E-state index in [1.165, 1.54) is 18.1 Å². The van der Waals surface area contributed by atoms with Crippen LogP contribution in [0.3, 0.4) is 0 Å². The lowest BCUT2D eigenvalue weighted by Gasteiger charge is -2.35.